The van der Waals surface area contributed by atoms with E-state index in [2.05, 4.69) is 4.74 Å². The first-order valence-electron chi connectivity index (χ1n) is 4.77. The lowest BCUT2D eigenvalue weighted by Crippen LogP contribution is -2.33. The summed E-state index contributed by atoms with van der Waals surface area (Å²) in [6, 6.07) is 4.67. The van der Waals surface area contributed by atoms with E-state index in [9.17, 15) is 17.6 Å². The number of ether oxygens (including phenoxy) is 1. The van der Waals surface area contributed by atoms with Crippen LogP contribution in [0.3, 0.4) is 0 Å². The third-order valence-electron chi connectivity index (χ3n) is 2.05. The van der Waals surface area contributed by atoms with Gasteiger partial charge in [0.15, 0.2) is 0 Å². The minimum Gasteiger partial charge on any atom is -0.428 e. The van der Waals surface area contributed by atoms with Gasteiger partial charge in [-0.25, -0.2) is 0 Å². The van der Waals surface area contributed by atoms with Crippen LogP contribution in [0.4, 0.5) is 17.6 Å². The molecule has 0 aromatic heterocycles. The van der Waals surface area contributed by atoms with Crippen molar-refractivity contribution >= 4 is 0 Å². The average molecular weight is 252 g/mol. The van der Waals surface area contributed by atoms with Crippen molar-refractivity contribution in [2.45, 2.75) is 18.6 Å². The first kappa shape index (κ1) is 13.7. The maximum absolute atomic E-state index is 12.6. The van der Waals surface area contributed by atoms with Crippen molar-refractivity contribution in [1.82, 2.24) is 0 Å². The summed E-state index contributed by atoms with van der Waals surface area (Å²) in [7, 11) is 0. The van der Waals surface area contributed by atoms with Gasteiger partial charge < -0.3 is 16.2 Å². The standard InChI is InChI=1S/C10H12F4N2O/c11-9(12)10(13,14)17-7-3-1-2-6(4-7)8(16)5-15/h1-4,8-9H,5,15-16H2. The SMILES string of the molecule is NCC(N)c1cccc(OC(F)(F)C(F)F)c1. The van der Waals surface area contributed by atoms with E-state index in [1.807, 2.05) is 0 Å². The molecule has 0 spiro atoms. The third kappa shape index (κ3) is 3.57. The zero-order valence-corrected chi connectivity index (χ0v) is 8.75. The molecule has 1 rings (SSSR count). The zero-order chi connectivity index (χ0) is 13.1. The Morgan fingerprint density at radius 1 is 1.29 bits per heavy atom. The molecule has 0 saturated carbocycles. The Bertz CT molecular complexity index is 373. The molecule has 0 saturated heterocycles. The predicted molar refractivity (Wildman–Crippen MR) is 54.0 cm³/mol. The average Bonchev–Trinajstić information content (AvgIpc) is 2.27. The molecule has 1 unspecified atom stereocenters. The summed E-state index contributed by atoms with van der Waals surface area (Å²) >= 11 is 0. The van der Waals surface area contributed by atoms with Gasteiger partial charge in [-0.1, -0.05) is 12.1 Å². The molecule has 0 aliphatic carbocycles. The minimum atomic E-state index is -4.52. The zero-order valence-electron chi connectivity index (χ0n) is 8.75. The van der Waals surface area contributed by atoms with Crippen molar-refractivity contribution in [1.29, 1.82) is 0 Å². The molecule has 3 nitrogen and oxygen atoms in total. The van der Waals surface area contributed by atoms with Crippen LogP contribution in [0.2, 0.25) is 0 Å². The molecule has 96 valence electrons. The highest BCUT2D eigenvalue weighted by Gasteiger charge is 2.43. The number of rotatable bonds is 5. The van der Waals surface area contributed by atoms with Crippen molar-refractivity contribution in [3.63, 3.8) is 0 Å². The van der Waals surface area contributed by atoms with Gasteiger partial charge in [0, 0.05) is 12.6 Å². The minimum absolute atomic E-state index is 0.106. The monoisotopic (exact) mass is 252 g/mol. The van der Waals surface area contributed by atoms with Gasteiger partial charge in [0.2, 0.25) is 0 Å². The van der Waals surface area contributed by atoms with Crippen LogP contribution >= 0.6 is 0 Å². The second-order valence-electron chi connectivity index (χ2n) is 3.38. The molecule has 0 aliphatic heterocycles. The van der Waals surface area contributed by atoms with Crippen molar-refractivity contribution in [2.24, 2.45) is 11.5 Å². The van der Waals surface area contributed by atoms with Gasteiger partial charge >= 0.3 is 12.5 Å². The van der Waals surface area contributed by atoms with Crippen LogP contribution in [0.5, 0.6) is 5.75 Å². The van der Waals surface area contributed by atoms with Crippen LogP contribution in [0.25, 0.3) is 0 Å². The second-order valence-corrected chi connectivity index (χ2v) is 3.38. The molecule has 0 radical (unpaired) electrons. The van der Waals surface area contributed by atoms with E-state index in [1.165, 1.54) is 6.07 Å². The van der Waals surface area contributed by atoms with E-state index in [1.54, 1.807) is 6.07 Å². The molecule has 0 bridgehead atoms. The van der Waals surface area contributed by atoms with E-state index in [4.69, 9.17) is 11.5 Å². The fourth-order valence-corrected chi connectivity index (χ4v) is 1.15. The number of benzene rings is 1. The third-order valence-corrected chi connectivity index (χ3v) is 2.05. The van der Waals surface area contributed by atoms with Crippen LogP contribution in [-0.2, 0) is 0 Å². The maximum Gasteiger partial charge on any atom is 0.461 e. The molecule has 1 aromatic carbocycles. The Balaban J connectivity index is 2.86. The predicted octanol–water partition coefficient (Wildman–Crippen LogP) is 1.88. The molecular formula is C10H12F4N2O. The molecule has 1 aromatic rings. The summed E-state index contributed by atoms with van der Waals surface area (Å²) < 4.78 is 53.0. The number of halogens is 4. The summed E-state index contributed by atoms with van der Waals surface area (Å²) in [5, 5.41) is 0. The fourth-order valence-electron chi connectivity index (χ4n) is 1.15. The molecule has 0 amide bonds. The van der Waals surface area contributed by atoms with E-state index in [0.717, 1.165) is 12.1 Å². The van der Waals surface area contributed by atoms with Gasteiger partial charge in [-0.2, -0.15) is 17.6 Å². The Kier molecular flexibility index (Phi) is 4.30. The van der Waals surface area contributed by atoms with Crippen molar-refractivity contribution in [3.8, 4) is 5.75 Å². The summed E-state index contributed by atoms with van der Waals surface area (Å²) in [5.74, 6) is -0.378. The first-order valence-corrected chi connectivity index (χ1v) is 4.77. The summed E-state index contributed by atoms with van der Waals surface area (Å²) in [6.07, 6.45) is -8.42. The lowest BCUT2D eigenvalue weighted by atomic mass is 10.1. The van der Waals surface area contributed by atoms with Gasteiger partial charge in [-0.05, 0) is 17.7 Å². The lowest BCUT2D eigenvalue weighted by molar-refractivity contribution is -0.253. The molecule has 1 atom stereocenters. The normalized spacial score (nSPS) is 13.8. The van der Waals surface area contributed by atoms with Crippen molar-refractivity contribution < 1.29 is 22.3 Å². The Labute approximate surface area is 95.3 Å². The maximum atomic E-state index is 12.6. The van der Waals surface area contributed by atoms with Gasteiger partial charge in [-0.15, -0.1) is 0 Å². The quantitative estimate of drug-likeness (QED) is 0.786. The molecular weight excluding hydrogens is 240 g/mol. The number of nitrogens with two attached hydrogens (primary N) is 2. The van der Waals surface area contributed by atoms with Gasteiger partial charge in [0.25, 0.3) is 0 Å². The highest BCUT2D eigenvalue weighted by molar-refractivity contribution is 5.30. The molecule has 0 heterocycles. The fraction of sp³-hybridized carbons (Fsp3) is 0.400. The Morgan fingerprint density at radius 3 is 2.47 bits per heavy atom. The highest BCUT2D eigenvalue weighted by atomic mass is 19.3. The van der Waals surface area contributed by atoms with Gasteiger partial charge in [0.05, 0.1) is 0 Å². The summed E-state index contributed by atoms with van der Waals surface area (Å²) in [6.45, 7) is 0.106. The molecule has 7 heteroatoms. The van der Waals surface area contributed by atoms with Crippen LogP contribution in [0.15, 0.2) is 24.3 Å². The van der Waals surface area contributed by atoms with Crippen LogP contribution in [-0.4, -0.2) is 19.1 Å². The lowest BCUT2D eigenvalue weighted by Gasteiger charge is -2.18. The molecule has 4 N–H and O–H groups in total. The smallest absolute Gasteiger partial charge is 0.428 e. The Morgan fingerprint density at radius 2 is 1.94 bits per heavy atom. The molecule has 0 fully saturated rings. The van der Waals surface area contributed by atoms with Gasteiger partial charge in [-0.3, -0.25) is 0 Å². The molecule has 0 aliphatic rings. The number of alkyl halides is 4. The van der Waals surface area contributed by atoms with Crippen LogP contribution in [0, 0.1) is 0 Å². The van der Waals surface area contributed by atoms with E-state index in [0.29, 0.717) is 5.56 Å². The molecule has 17 heavy (non-hydrogen) atoms. The van der Waals surface area contributed by atoms with E-state index < -0.39 is 18.6 Å². The van der Waals surface area contributed by atoms with Crippen molar-refractivity contribution in [2.75, 3.05) is 6.54 Å². The second kappa shape index (κ2) is 5.33. The number of hydrogen-bond donors (Lipinski definition) is 2. The largest absolute Gasteiger partial charge is 0.461 e. The Hall–Kier alpha value is -1.34. The summed E-state index contributed by atoms with van der Waals surface area (Å²) in [4.78, 5) is 0. The van der Waals surface area contributed by atoms with Crippen LogP contribution in [0.1, 0.15) is 11.6 Å². The van der Waals surface area contributed by atoms with Crippen LogP contribution < -0.4 is 16.2 Å². The van der Waals surface area contributed by atoms with Gasteiger partial charge in [0.1, 0.15) is 5.75 Å². The summed E-state index contributed by atoms with van der Waals surface area (Å²) in [5.41, 5.74) is 11.3. The van der Waals surface area contributed by atoms with Crippen molar-refractivity contribution in [3.05, 3.63) is 29.8 Å². The topological polar surface area (TPSA) is 61.3 Å². The first-order chi connectivity index (χ1) is 7.86. The number of hydrogen-bond acceptors (Lipinski definition) is 3. The van der Waals surface area contributed by atoms with E-state index >= 15 is 0 Å². The van der Waals surface area contributed by atoms with E-state index in [-0.39, 0.29) is 12.3 Å². The highest BCUT2D eigenvalue weighted by Crippen LogP contribution is 2.28.